The summed E-state index contributed by atoms with van der Waals surface area (Å²) in [5, 5.41) is 0.777. The molecule has 0 radical (unpaired) electrons. The summed E-state index contributed by atoms with van der Waals surface area (Å²) in [4.78, 5) is 0.180. The standard InChI is InChI=1S/C16H15BrClI/c1-10(2)11-3-5-12(6-4-11)16(17)14-9-13(18)7-8-15(14)19/h3-10,16H,1-2H3. The van der Waals surface area contributed by atoms with E-state index in [4.69, 9.17) is 11.6 Å². The van der Waals surface area contributed by atoms with Crippen LogP contribution < -0.4 is 0 Å². The first-order valence-corrected chi connectivity index (χ1v) is 8.55. The van der Waals surface area contributed by atoms with Crippen molar-refractivity contribution in [2.24, 2.45) is 0 Å². The minimum atomic E-state index is 0.180. The van der Waals surface area contributed by atoms with Gasteiger partial charge in [0.05, 0.1) is 4.83 Å². The van der Waals surface area contributed by atoms with E-state index in [2.05, 4.69) is 82.7 Å². The van der Waals surface area contributed by atoms with Gasteiger partial charge in [0.15, 0.2) is 0 Å². The van der Waals surface area contributed by atoms with Crippen molar-refractivity contribution in [2.75, 3.05) is 0 Å². The molecule has 19 heavy (non-hydrogen) atoms. The van der Waals surface area contributed by atoms with Crippen molar-refractivity contribution < 1.29 is 0 Å². The van der Waals surface area contributed by atoms with Crippen LogP contribution in [0.3, 0.4) is 0 Å². The largest absolute Gasteiger partial charge is 0.0843 e. The van der Waals surface area contributed by atoms with Crippen LogP contribution in [0, 0.1) is 3.57 Å². The fourth-order valence-electron chi connectivity index (χ4n) is 1.94. The number of halogens is 3. The molecule has 0 spiro atoms. The maximum Gasteiger partial charge on any atom is 0.0655 e. The van der Waals surface area contributed by atoms with E-state index in [-0.39, 0.29) is 4.83 Å². The van der Waals surface area contributed by atoms with Gasteiger partial charge in [-0.25, -0.2) is 0 Å². The molecule has 0 saturated heterocycles. The van der Waals surface area contributed by atoms with Crippen molar-refractivity contribution in [2.45, 2.75) is 24.6 Å². The van der Waals surface area contributed by atoms with E-state index in [9.17, 15) is 0 Å². The van der Waals surface area contributed by atoms with Gasteiger partial charge in [-0.3, -0.25) is 0 Å². The molecule has 0 aliphatic carbocycles. The molecular weight excluding hydrogens is 434 g/mol. The number of alkyl halides is 1. The van der Waals surface area contributed by atoms with E-state index in [0.717, 1.165) is 5.02 Å². The van der Waals surface area contributed by atoms with Crippen LogP contribution in [0.1, 0.15) is 41.3 Å². The molecule has 0 aliphatic rings. The van der Waals surface area contributed by atoms with Crippen LogP contribution in [0.5, 0.6) is 0 Å². The van der Waals surface area contributed by atoms with Gasteiger partial charge in [0, 0.05) is 8.59 Å². The lowest BCUT2D eigenvalue weighted by molar-refractivity contribution is 0.865. The van der Waals surface area contributed by atoms with Crippen LogP contribution in [0.25, 0.3) is 0 Å². The third kappa shape index (κ3) is 3.73. The van der Waals surface area contributed by atoms with Gasteiger partial charge in [0.1, 0.15) is 0 Å². The summed E-state index contributed by atoms with van der Waals surface area (Å²) in [7, 11) is 0. The summed E-state index contributed by atoms with van der Waals surface area (Å²) in [6.07, 6.45) is 0. The average Bonchev–Trinajstić information content (AvgIpc) is 2.41. The fourth-order valence-corrected chi connectivity index (χ4v) is 3.88. The molecule has 0 fully saturated rings. The van der Waals surface area contributed by atoms with Gasteiger partial charge in [-0.15, -0.1) is 0 Å². The zero-order valence-corrected chi connectivity index (χ0v) is 15.3. The maximum atomic E-state index is 6.09. The first-order valence-electron chi connectivity index (χ1n) is 6.18. The van der Waals surface area contributed by atoms with Gasteiger partial charge in [0.25, 0.3) is 0 Å². The highest BCUT2D eigenvalue weighted by Gasteiger charge is 2.14. The molecule has 3 heteroatoms. The summed E-state index contributed by atoms with van der Waals surface area (Å²) < 4.78 is 1.22. The lowest BCUT2D eigenvalue weighted by atomic mass is 9.99. The van der Waals surface area contributed by atoms with E-state index >= 15 is 0 Å². The second-order valence-corrected chi connectivity index (χ2v) is 7.36. The number of benzene rings is 2. The first-order chi connectivity index (χ1) is 8.99. The monoisotopic (exact) mass is 448 g/mol. The number of rotatable bonds is 3. The highest BCUT2D eigenvalue weighted by molar-refractivity contribution is 14.1. The van der Waals surface area contributed by atoms with Gasteiger partial charge >= 0.3 is 0 Å². The molecule has 0 aliphatic heterocycles. The molecule has 100 valence electrons. The van der Waals surface area contributed by atoms with Crippen molar-refractivity contribution >= 4 is 50.1 Å². The van der Waals surface area contributed by atoms with Crippen molar-refractivity contribution in [3.05, 3.63) is 67.7 Å². The summed E-state index contributed by atoms with van der Waals surface area (Å²) in [5.41, 5.74) is 3.83. The maximum absolute atomic E-state index is 6.09. The van der Waals surface area contributed by atoms with Crippen molar-refractivity contribution in [3.63, 3.8) is 0 Å². The zero-order valence-electron chi connectivity index (χ0n) is 10.8. The summed E-state index contributed by atoms with van der Waals surface area (Å²) in [5.74, 6) is 0.564. The van der Waals surface area contributed by atoms with Gasteiger partial charge in [-0.05, 0) is 63.4 Å². The minimum absolute atomic E-state index is 0.180. The second-order valence-electron chi connectivity index (χ2n) is 4.85. The van der Waals surface area contributed by atoms with Gasteiger partial charge in [-0.1, -0.05) is 65.6 Å². The molecule has 2 aromatic rings. The Balaban J connectivity index is 2.33. The van der Waals surface area contributed by atoms with Crippen LogP contribution in [0.2, 0.25) is 5.02 Å². The molecule has 0 amide bonds. The van der Waals surface area contributed by atoms with E-state index < -0.39 is 0 Å². The quantitative estimate of drug-likeness (QED) is 0.368. The Bertz CT molecular complexity index is 563. The van der Waals surface area contributed by atoms with Crippen LogP contribution in [0.4, 0.5) is 0 Å². The highest BCUT2D eigenvalue weighted by Crippen LogP contribution is 2.35. The Morgan fingerprint density at radius 3 is 2.16 bits per heavy atom. The zero-order chi connectivity index (χ0) is 14.0. The van der Waals surface area contributed by atoms with E-state index in [1.165, 1.54) is 20.3 Å². The molecule has 0 bridgehead atoms. The van der Waals surface area contributed by atoms with E-state index in [1.54, 1.807) is 0 Å². The van der Waals surface area contributed by atoms with E-state index in [1.807, 2.05) is 12.1 Å². The van der Waals surface area contributed by atoms with Crippen LogP contribution >= 0.6 is 50.1 Å². The minimum Gasteiger partial charge on any atom is -0.0843 e. The van der Waals surface area contributed by atoms with E-state index in [0.29, 0.717) is 5.92 Å². The Morgan fingerprint density at radius 2 is 1.58 bits per heavy atom. The SMILES string of the molecule is CC(C)c1ccc(C(Br)c2cc(Cl)ccc2I)cc1. The number of hydrogen-bond donors (Lipinski definition) is 0. The third-order valence-electron chi connectivity index (χ3n) is 3.13. The summed E-state index contributed by atoms with van der Waals surface area (Å²) in [6, 6.07) is 14.8. The Kier molecular flexibility index (Phi) is 5.32. The van der Waals surface area contributed by atoms with Gasteiger partial charge in [0.2, 0.25) is 0 Å². The smallest absolute Gasteiger partial charge is 0.0655 e. The van der Waals surface area contributed by atoms with Crippen LogP contribution in [-0.4, -0.2) is 0 Å². The summed E-state index contributed by atoms with van der Waals surface area (Å²) in [6.45, 7) is 4.42. The molecule has 2 rings (SSSR count). The first kappa shape index (κ1) is 15.3. The summed E-state index contributed by atoms with van der Waals surface area (Å²) >= 11 is 12.2. The Hall–Kier alpha value is -0.0600. The highest BCUT2D eigenvalue weighted by atomic mass is 127. The Labute approximate surface area is 141 Å². The predicted octanol–water partition coefficient (Wildman–Crippen LogP) is 6.55. The molecule has 0 N–H and O–H groups in total. The fraction of sp³-hybridized carbons (Fsp3) is 0.250. The molecule has 0 heterocycles. The molecular formula is C16H15BrClI. The molecule has 1 atom stereocenters. The van der Waals surface area contributed by atoms with Crippen molar-refractivity contribution in [3.8, 4) is 0 Å². The van der Waals surface area contributed by atoms with Gasteiger partial charge in [-0.2, -0.15) is 0 Å². The van der Waals surface area contributed by atoms with Crippen molar-refractivity contribution in [1.82, 2.24) is 0 Å². The molecule has 2 aromatic carbocycles. The average molecular weight is 450 g/mol. The predicted molar refractivity (Wildman–Crippen MR) is 95.5 cm³/mol. The lowest BCUT2D eigenvalue weighted by Gasteiger charge is -2.14. The van der Waals surface area contributed by atoms with Crippen LogP contribution in [-0.2, 0) is 0 Å². The topological polar surface area (TPSA) is 0 Å². The molecule has 0 saturated carbocycles. The lowest BCUT2D eigenvalue weighted by Crippen LogP contribution is -1.97. The normalized spacial score (nSPS) is 12.7. The third-order valence-corrected chi connectivity index (χ3v) is 5.37. The second kappa shape index (κ2) is 6.59. The van der Waals surface area contributed by atoms with Gasteiger partial charge < -0.3 is 0 Å². The van der Waals surface area contributed by atoms with Crippen LogP contribution in [0.15, 0.2) is 42.5 Å². The molecule has 0 nitrogen and oxygen atoms in total. The molecule has 1 unspecified atom stereocenters. The molecule has 0 aromatic heterocycles. The number of hydrogen-bond acceptors (Lipinski definition) is 0. The van der Waals surface area contributed by atoms with Crippen molar-refractivity contribution in [1.29, 1.82) is 0 Å². The Morgan fingerprint density at radius 1 is 1.00 bits per heavy atom.